The highest BCUT2D eigenvalue weighted by Gasteiger charge is 2.46. The second-order valence-corrected chi connectivity index (χ2v) is 20.3. The van der Waals surface area contributed by atoms with Crippen molar-refractivity contribution in [2.75, 3.05) is 25.6 Å². The molecule has 0 saturated carbocycles. The maximum atomic E-state index is 12.8. The first-order chi connectivity index (χ1) is 33.9. The molecule has 8 N–H and O–H groups in total. The third kappa shape index (κ3) is 29.4. The summed E-state index contributed by atoms with van der Waals surface area (Å²) >= 11 is 0. The first-order valence-corrected chi connectivity index (χ1v) is 27.6. The molecule has 0 aromatic carbocycles. The number of aliphatic hydroxyl groups is 4. The Labute approximate surface area is 418 Å². The van der Waals surface area contributed by atoms with Gasteiger partial charge >= 0.3 is 33.3 Å². The number of rotatable bonds is 38. The van der Waals surface area contributed by atoms with Crippen LogP contribution in [-0.2, 0) is 46.3 Å². The van der Waals surface area contributed by atoms with Gasteiger partial charge < -0.3 is 50.2 Å². The summed E-state index contributed by atoms with van der Waals surface area (Å²) in [5.74, 6) is -0.747. The molecular weight excluding hydrogens is 964 g/mol. The number of anilines is 1. The van der Waals surface area contributed by atoms with Crippen molar-refractivity contribution in [2.45, 2.75) is 173 Å². The summed E-state index contributed by atoms with van der Waals surface area (Å²) in [6, 6.07) is 1.23. The van der Waals surface area contributed by atoms with Gasteiger partial charge in [-0.1, -0.05) is 151 Å². The zero-order chi connectivity index (χ0) is 52.5. The molecule has 2 heterocycles. The Kier molecular flexibility index (Phi) is 32.2. The Morgan fingerprint density at radius 3 is 2.14 bits per heavy atom. The number of aromatic nitrogens is 2. The van der Waals surface area contributed by atoms with Crippen molar-refractivity contribution in [1.29, 1.82) is 0 Å². The number of phosphoric ester groups is 2. The summed E-state index contributed by atoms with van der Waals surface area (Å²) in [6.07, 6.45) is 26.5. The van der Waals surface area contributed by atoms with E-state index in [1.807, 2.05) is 37.3 Å². The first-order valence-electron chi connectivity index (χ1n) is 24.6. The molecule has 2 rings (SSSR count). The van der Waals surface area contributed by atoms with Gasteiger partial charge in [-0.05, 0) is 50.5 Å². The van der Waals surface area contributed by atoms with E-state index in [0.717, 1.165) is 48.8 Å². The molecule has 1 aromatic heterocycles. The number of phosphoric acid groups is 2. The van der Waals surface area contributed by atoms with Crippen LogP contribution in [0, 0.1) is 5.92 Å². The molecule has 1 aliphatic rings. The summed E-state index contributed by atoms with van der Waals surface area (Å²) in [5.41, 5.74) is 4.56. The molecule has 3 unspecified atom stereocenters. The lowest BCUT2D eigenvalue weighted by Gasteiger charge is -2.21. The van der Waals surface area contributed by atoms with Gasteiger partial charge in [0, 0.05) is 19.0 Å². The largest absolute Gasteiger partial charge is 0.481 e. The number of carbonyl (C=O) groups is 2. The highest BCUT2D eigenvalue weighted by Crippen LogP contribution is 2.60. The molecule has 402 valence electrons. The van der Waals surface area contributed by atoms with Gasteiger partial charge in [-0.25, -0.2) is 13.9 Å². The topological polar surface area (TPSA) is 306 Å². The number of aliphatic hydroxyl groups excluding tert-OH is 4. The fourth-order valence-electron chi connectivity index (χ4n) is 6.79. The van der Waals surface area contributed by atoms with Crippen LogP contribution >= 0.6 is 15.6 Å². The van der Waals surface area contributed by atoms with Crippen LogP contribution in [0.25, 0.3) is 0 Å². The number of unbranched alkanes of at least 4 members (excludes halogenated alkanes) is 8. The molecule has 1 fully saturated rings. The number of nitrogen functional groups attached to an aromatic ring is 1. The van der Waals surface area contributed by atoms with Gasteiger partial charge in [-0.3, -0.25) is 23.2 Å². The molecule has 20 nitrogen and oxygen atoms in total. The van der Waals surface area contributed by atoms with E-state index in [-0.39, 0.29) is 25.1 Å². The van der Waals surface area contributed by atoms with E-state index in [1.165, 1.54) is 38.2 Å². The minimum atomic E-state index is -5.47. The second kappa shape index (κ2) is 36.1. The van der Waals surface area contributed by atoms with Crippen molar-refractivity contribution in [3.63, 3.8) is 0 Å². The van der Waals surface area contributed by atoms with Crippen molar-refractivity contribution >= 4 is 33.4 Å². The summed E-state index contributed by atoms with van der Waals surface area (Å²) in [5, 5.41) is 41.0. The highest BCUT2D eigenvalue weighted by atomic mass is 31.3. The van der Waals surface area contributed by atoms with E-state index in [2.05, 4.69) is 23.1 Å². The summed E-state index contributed by atoms with van der Waals surface area (Å²) in [7, 11) is -10.9. The molecule has 71 heavy (non-hydrogen) atoms. The van der Waals surface area contributed by atoms with Crippen LogP contribution in [0.2, 0.25) is 0 Å². The van der Waals surface area contributed by atoms with Crippen LogP contribution in [0.5, 0.6) is 0 Å². The first kappa shape index (κ1) is 63.2. The van der Waals surface area contributed by atoms with Crippen LogP contribution in [0.3, 0.4) is 0 Å². The average molecular weight is 1040 g/mol. The predicted octanol–water partition coefficient (Wildman–Crippen LogP) is 7.52. The standard InChI is InChI=1S/C49H79N3O17P2/c1-4-6-19-27-39(53)28-21-15-11-9-12-16-22-29-40(54)30-23-18-25-32-45(56)67-41(35-64-44(55)31-24-17-13-8-7-10-14-20-26-38(3)5-2)36-65-70(60,61)69-71(62,63)66-37-42-46(57)47(58)48(68-42)52-34-33-43(50)51-49(52)59/h6,11-12,15-16,19,21-23,28-30,33-34,38-42,46-48,53-54,57-58H,4-5,7-10,13-14,17-18,20,24-27,31-32,35-37H2,1-3H3,(H,60,61)(H,62,63)(H2,50,51,59)/b15-11-,16-12-,19-6-,28-21+,29-22+,30-23-/t38?,39-,40-,41+,42+,46+,47+,48+/m0/s1. The van der Waals surface area contributed by atoms with E-state index in [4.69, 9.17) is 29.0 Å². The van der Waals surface area contributed by atoms with Crippen molar-refractivity contribution in [3.05, 3.63) is 95.7 Å². The molecule has 0 radical (unpaired) electrons. The lowest BCUT2D eigenvalue weighted by molar-refractivity contribution is -0.161. The van der Waals surface area contributed by atoms with Gasteiger partial charge in [-0.15, -0.1) is 0 Å². The second-order valence-electron chi connectivity index (χ2n) is 17.2. The molecule has 1 saturated heterocycles. The quantitative estimate of drug-likeness (QED) is 0.0111. The number of nitrogens with zero attached hydrogens (tertiary/aromatic N) is 2. The summed E-state index contributed by atoms with van der Waals surface area (Å²) in [6.45, 7) is 4.03. The van der Waals surface area contributed by atoms with Gasteiger partial charge in [0.2, 0.25) is 0 Å². The van der Waals surface area contributed by atoms with Crippen LogP contribution in [0.4, 0.5) is 5.82 Å². The third-order valence-corrected chi connectivity index (χ3v) is 13.6. The number of nitrogens with two attached hydrogens (primary N) is 1. The normalized spacial score (nSPS) is 21.1. The molecule has 1 aliphatic heterocycles. The molecule has 1 aromatic rings. The van der Waals surface area contributed by atoms with Crippen molar-refractivity contribution < 1.29 is 76.5 Å². The van der Waals surface area contributed by atoms with Gasteiger partial charge in [0.1, 0.15) is 30.7 Å². The van der Waals surface area contributed by atoms with Gasteiger partial charge in [-0.2, -0.15) is 9.29 Å². The summed E-state index contributed by atoms with van der Waals surface area (Å²) < 4.78 is 56.5. The Morgan fingerprint density at radius 1 is 0.817 bits per heavy atom. The molecule has 0 spiro atoms. The Balaban J connectivity index is 1.89. The maximum Gasteiger partial charge on any atom is 0.481 e. The molecule has 0 aliphatic carbocycles. The van der Waals surface area contributed by atoms with E-state index >= 15 is 0 Å². The van der Waals surface area contributed by atoms with Crippen LogP contribution in [0.15, 0.2) is 90.0 Å². The highest BCUT2D eigenvalue weighted by molar-refractivity contribution is 7.61. The lowest BCUT2D eigenvalue weighted by Crippen LogP contribution is -2.36. The van der Waals surface area contributed by atoms with Crippen molar-refractivity contribution in [1.82, 2.24) is 9.55 Å². The van der Waals surface area contributed by atoms with E-state index < -0.39 is 95.9 Å². The molecule has 10 atom stereocenters. The number of carbonyl (C=O) groups excluding carboxylic acids is 2. The number of allylic oxidation sites excluding steroid dienone is 8. The zero-order valence-corrected chi connectivity index (χ0v) is 43.2. The van der Waals surface area contributed by atoms with Gasteiger partial charge in [0.05, 0.1) is 25.4 Å². The number of esters is 2. The van der Waals surface area contributed by atoms with E-state index in [1.54, 1.807) is 42.5 Å². The van der Waals surface area contributed by atoms with Crippen LogP contribution in [-0.4, -0.2) is 108 Å². The average Bonchev–Trinajstić information content (AvgIpc) is 3.59. The van der Waals surface area contributed by atoms with Crippen molar-refractivity contribution in [2.24, 2.45) is 5.92 Å². The number of ether oxygens (including phenoxy) is 3. The Morgan fingerprint density at radius 2 is 1.46 bits per heavy atom. The van der Waals surface area contributed by atoms with E-state index in [9.17, 15) is 53.7 Å². The summed E-state index contributed by atoms with van der Waals surface area (Å²) in [4.78, 5) is 61.8. The number of hydrogen-bond acceptors (Lipinski definition) is 17. The van der Waals surface area contributed by atoms with Crippen LogP contribution in [0.1, 0.15) is 136 Å². The SMILES string of the molecule is CC/C=C\C[C@H](O)/C=C/C=C\C/C=C\C=C\[C@H](O)/C=C\CCCC(=O)O[C@H](COC(=O)CCCCCCCCCCC(C)CC)COP(=O)(O)OP(=O)(O)OC[C@H]1O[C@@H](n2ccc(N)nc2=O)[C@H](O)[C@@H]1O. The van der Waals surface area contributed by atoms with Crippen LogP contribution < -0.4 is 11.4 Å². The minimum absolute atomic E-state index is 0.0803. The Hall–Kier alpha value is -3.88. The molecule has 0 amide bonds. The molecular formula is C49H79N3O17P2. The predicted molar refractivity (Wildman–Crippen MR) is 268 cm³/mol. The van der Waals surface area contributed by atoms with E-state index in [0.29, 0.717) is 25.7 Å². The monoisotopic (exact) mass is 1040 g/mol. The van der Waals surface area contributed by atoms with Gasteiger partial charge in [0.15, 0.2) is 12.3 Å². The fourth-order valence-corrected chi connectivity index (χ4v) is 8.90. The zero-order valence-electron chi connectivity index (χ0n) is 41.4. The lowest BCUT2D eigenvalue weighted by atomic mass is 9.99. The van der Waals surface area contributed by atoms with Crippen molar-refractivity contribution in [3.8, 4) is 0 Å². The third-order valence-electron chi connectivity index (χ3n) is 11.0. The fraction of sp³-hybridized carbons (Fsp3) is 0.633. The Bertz CT molecular complexity index is 2020. The minimum Gasteiger partial charge on any atom is -0.462 e. The smallest absolute Gasteiger partial charge is 0.462 e. The van der Waals surface area contributed by atoms with Gasteiger partial charge in [0.25, 0.3) is 0 Å². The molecule has 22 heteroatoms. The molecule has 0 bridgehead atoms. The maximum absolute atomic E-state index is 12.8. The number of hydrogen-bond donors (Lipinski definition) is 7.